The second-order valence-electron chi connectivity index (χ2n) is 7.36. The predicted molar refractivity (Wildman–Crippen MR) is 112 cm³/mol. The number of carbonyl (C=O) groups excluding carboxylic acids is 2. The van der Waals surface area contributed by atoms with E-state index in [-0.39, 0.29) is 17.7 Å². The zero-order chi connectivity index (χ0) is 20.2. The summed E-state index contributed by atoms with van der Waals surface area (Å²) in [5, 5.41) is 7.25. The zero-order valence-electron chi connectivity index (χ0n) is 16.4. The third kappa shape index (κ3) is 4.21. The molecule has 1 aliphatic rings. The monoisotopic (exact) mass is 388 g/mol. The number of carbonyl (C=O) groups is 2. The summed E-state index contributed by atoms with van der Waals surface area (Å²) < 4.78 is 1.84. The van der Waals surface area contributed by atoms with Crippen molar-refractivity contribution >= 4 is 17.6 Å². The van der Waals surface area contributed by atoms with Gasteiger partial charge < -0.3 is 5.32 Å². The molecule has 29 heavy (non-hydrogen) atoms. The second kappa shape index (κ2) is 8.31. The van der Waals surface area contributed by atoms with Crippen LogP contribution >= 0.6 is 0 Å². The highest BCUT2D eigenvalue weighted by Crippen LogP contribution is 2.23. The van der Waals surface area contributed by atoms with E-state index < -0.39 is 0 Å². The zero-order valence-corrected chi connectivity index (χ0v) is 16.4. The number of amides is 2. The topological polar surface area (TPSA) is 67.2 Å². The minimum absolute atomic E-state index is 0.0912. The number of hydrogen-bond donors (Lipinski definition) is 1. The maximum Gasteiger partial charge on any atom is 0.251 e. The molecule has 6 heteroatoms. The van der Waals surface area contributed by atoms with Crippen molar-refractivity contribution in [3.05, 3.63) is 83.6 Å². The van der Waals surface area contributed by atoms with Gasteiger partial charge in [-0.25, -0.2) is 4.68 Å². The lowest BCUT2D eigenvalue weighted by Gasteiger charge is -2.27. The Morgan fingerprint density at radius 3 is 2.62 bits per heavy atom. The van der Waals surface area contributed by atoms with Gasteiger partial charge in [0.2, 0.25) is 5.91 Å². The molecule has 2 aromatic carbocycles. The van der Waals surface area contributed by atoms with Crippen LogP contribution in [0.1, 0.15) is 40.7 Å². The molecule has 0 fully saturated rings. The molecule has 0 spiro atoms. The number of rotatable bonds is 6. The lowest BCUT2D eigenvalue weighted by molar-refractivity contribution is -0.119. The summed E-state index contributed by atoms with van der Waals surface area (Å²) in [6.45, 7) is 3.77. The van der Waals surface area contributed by atoms with Crippen LogP contribution in [-0.4, -0.2) is 28.1 Å². The van der Waals surface area contributed by atoms with Crippen LogP contribution in [0.2, 0.25) is 0 Å². The van der Waals surface area contributed by atoms with E-state index >= 15 is 0 Å². The van der Waals surface area contributed by atoms with Gasteiger partial charge in [-0.2, -0.15) is 5.10 Å². The summed E-state index contributed by atoms with van der Waals surface area (Å²) in [5.41, 5.74) is 2.79. The molecule has 1 unspecified atom stereocenters. The molecule has 0 aliphatic carbocycles. The molecule has 4 rings (SSSR count). The Bertz CT molecular complexity index is 995. The molecule has 3 aromatic rings. The number of fused-ring (bicyclic) bond motifs is 1. The fourth-order valence-corrected chi connectivity index (χ4v) is 3.55. The van der Waals surface area contributed by atoms with Gasteiger partial charge in [-0.15, -0.1) is 0 Å². The number of aromatic nitrogens is 2. The number of aryl methyl sites for hydroxylation is 1. The summed E-state index contributed by atoms with van der Waals surface area (Å²) in [6.07, 6.45) is 2.17. The predicted octanol–water partition coefficient (Wildman–Crippen LogP) is 3.35. The van der Waals surface area contributed by atoms with Crippen LogP contribution in [0, 0.1) is 0 Å². The molecule has 0 radical (unpaired) electrons. The van der Waals surface area contributed by atoms with Crippen LogP contribution in [0.5, 0.6) is 0 Å². The number of nitrogens with zero attached hydrogens (tertiary/aromatic N) is 3. The van der Waals surface area contributed by atoms with Crippen LogP contribution in [0.15, 0.2) is 66.9 Å². The van der Waals surface area contributed by atoms with E-state index in [0.717, 1.165) is 11.4 Å². The van der Waals surface area contributed by atoms with E-state index in [2.05, 4.69) is 29.5 Å². The molecule has 0 saturated carbocycles. The highest BCUT2D eigenvalue weighted by atomic mass is 16.2. The van der Waals surface area contributed by atoms with E-state index in [1.165, 1.54) is 5.56 Å². The molecule has 0 bridgehead atoms. The fraction of sp³-hybridized carbons (Fsp3) is 0.261. The maximum absolute atomic E-state index is 12.5. The van der Waals surface area contributed by atoms with Crippen LogP contribution in [0.25, 0.3) is 0 Å². The van der Waals surface area contributed by atoms with Crippen LogP contribution < -0.4 is 10.2 Å². The Labute approximate surface area is 170 Å². The lowest BCUT2D eigenvalue weighted by atomic mass is 10.0. The first-order valence-electron chi connectivity index (χ1n) is 9.86. The molecule has 1 N–H and O–H groups in total. The molecule has 1 aromatic heterocycles. The first-order valence-corrected chi connectivity index (χ1v) is 9.86. The summed E-state index contributed by atoms with van der Waals surface area (Å²) >= 11 is 0. The van der Waals surface area contributed by atoms with Gasteiger partial charge in [-0.1, -0.05) is 49.4 Å². The maximum atomic E-state index is 12.5. The largest absolute Gasteiger partial charge is 0.351 e. The molecule has 0 saturated heterocycles. The number of nitrogens with one attached hydrogen (secondary N) is 1. The van der Waals surface area contributed by atoms with E-state index in [1.807, 2.05) is 53.2 Å². The summed E-state index contributed by atoms with van der Waals surface area (Å²) in [4.78, 5) is 26.5. The second-order valence-corrected chi connectivity index (χ2v) is 7.36. The Balaban J connectivity index is 1.37. The van der Waals surface area contributed by atoms with Gasteiger partial charge >= 0.3 is 0 Å². The Kier molecular flexibility index (Phi) is 5.42. The first kappa shape index (κ1) is 18.9. The van der Waals surface area contributed by atoms with E-state index in [9.17, 15) is 9.59 Å². The average Bonchev–Trinajstić information content (AvgIpc) is 3.24. The Hall–Kier alpha value is -3.41. The van der Waals surface area contributed by atoms with Crippen LogP contribution in [0.4, 0.5) is 5.82 Å². The van der Waals surface area contributed by atoms with Gasteiger partial charge in [-0.3, -0.25) is 14.5 Å². The normalized spacial score (nSPS) is 14.4. The SMILES string of the molecule is CC(CNC(=O)c1ccc(CN2C(=O)CCn3nccc32)cc1)c1ccccc1. The molecule has 1 aliphatic heterocycles. The molecule has 6 nitrogen and oxygen atoms in total. The highest BCUT2D eigenvalue weighted by Gasteiger charge is 2.24. The fourth-order valence-electron chi connectivity index (χ4n) is 3.55. The molecular formula is C23H24N4O2. The van der Waals surface area contributed by atoms with Crippen molar-refractivity contribution in [3.8, 4) is 0 Å². The van der Waals surface area contributed by atoms with Crippen LogP contribution in [-0.2, 0) is 17.9 Å². The summed E-state index contributed by atoms with van der Waals surface area (Å²) in [5.74, 6) is 1.06. The van der Waals surface area contributed by atoms with E-state index in [4.69, 9.17) is 0 Å². The molecule has 148 valence electrons. The average molecular weight is 388 g/mol. The lowest BCUT2D eigenvalue weighted by Crippen LogP contribution is -2.36. The minimum atomic E-state index is -0.0912. The smallest absolute Gasteiger partial charge is 0.251 e. The molecule has 1 atom stereocenters. The highest BCUT2D eigenvalue weighted by molar-refractivity contribution is 5.95. The Morgan fingerprint density at radius 2 is 1.86 bits per heavy atom. The van der Waals surface area contributed by atoms with Crippen molar-refractivity contribution in [1.29, 1.82) is 0 Å². The number of benzene rings is 2. The summed E-state index contributed by atoms with van der Waals surface area (Å²) in [7, 11) is 0. The minimum Gasteiger partial charge on any atom is -0.351 e. The van der Waals surface area contributed by atoms with E-state index in [0.29, 0.717) is 31.6 Å². The van der Waals surface area contributed by atoms with Gasteiger partial charge in [0.1, 0.15) is 5.82 Å². The van der Waals surface area contributed by atoms with Crippen molar-refractivity contribution in [3.63, 3.8) is 0 Å². The molecular weight excluding hydrogens is 364 g/mol. The van der Waals surface area contributed by atoms with E-state index in [1.54, 1.807) is 11.1 Å². The van der Waals surface area contributed by atoms with Gasteiger partial charge in [0.05, 0.1) is 19.3 Å². The molecule has 2 heterocycles. The Morgan fingerprint density at radius 1 is 1.10 bits per heavy atom. The van der Waals surface area contributed by atoms with Crippen molar-refractivity contribution in [2.24, 2.45) is 0 Å². The quantitative estimate of drug-likeness (QED) is 0.704. The summed E-state index contributed by atoms with van der Waals surface area (Å²) in [6, 6.07) is 19.4. The van der Waals surface area contributed by atoms with Crippen molar-refractivity contribution in [2.75, 3.05) is 11.4 Å². The van der Waals surface area contributed by atoms with Gasteiger partial charge in [0, 0.05) is 24.6 Å². The van der Waals surface area contributed by atoms with Crippen molar-refractivity contribution < 1.29 is 9.59 Å². The number of anilines is 1. The van der Waals surface area contributed by atoms with Gasteiger partial charge in [-0.05, 0) is 29.2 Å². The van der Waals surface area contributed by atoms with Crippen molar-refractivity contribution in [1.82, 2.24) is 15.1 Å². The van der Waals surface area contributed by atoms with Gasteiger partial charge in [0.15, 0.2) is 0 Å². The van der Waals surface area contributed by atoms with Crippen LogP contribution in [0.3, 0.4) is 0 Å². The third-order valence-corrected chi connectivity index (χ3v) is 5.30. The number of hydrogen-bond acceptors (Lipinski definition) is 3. The third-order valence-electron chi connectivity index (χ3n) is 5.30. The first-order chi connectivity index (χ1) is 14.1. The van der Waals surface area contributed by atoms with Crippen molar-refractivity contribution in [2.45, 2.75) is 32.4 Å². The van der Waals surface area contributed by atoms with Gasteiger partial charge in [0.25, 0.3) is 5.91 Å². The standard InChI is InChI=1S/C23H24N4O2/c1-17(19-5-3-2-4-6-19)15-24-23(29)20-9-7-18(8-10-20)16-26-21-11-13-25-27(21)14-12-22(26)28/h2-11,13,17H,12,14-16H2,1H3,(H,24,29). The molecule has 2 amide bonds.